The van der Waals surface area contributed by atoms with Gasteiger partial charge in [0.25, 0.3) is 11.8 Å². The topological polar surface area (TPSA) is 66.5 Å². The second-order valence-electron chi connectivity index (χ2n) is 4.80. The summed E-state index contributed by atoms with van der Waals surface area (Å²) in [5.41, 5.74) is 2.71. The number of imide groups is 1. The lowest BCUT2D eigenvalue weighted by atomic mass is 10.1. The molecule has 0 atom stereocenters. The maximum atomic E-state index is 12.4. The zero-order valence-corrected chi connectivity index (χ0v) is 11.3. The molecule has 3 amide bonds. The number of carbonyl (C=O) groups is 3. The molecule has 1 heterocycles. The predicted molar refractivity (Wildman–Crippen MR) is 78.4 cm³/mol. The molecule has 0 unspecified atom stereocenters. The molecule has 2 aromatic rings. The van der Waals surface area contributed by atoms with Crippen molar-refractivity contribution in [3.05, 3.63) is 59.2 Å². The van der Waals surface area contributed by atoms with Crippen molar-refractivity contribution < 1.29 is 14.4 Å². The molecule has 5 heteroatoms. The van der Waals surface area contributed by atoms with Crippen molar-refractivity contribution in [3.63, 3.8) is 0 Å². The average Bonchev–Trinajstić information content (AvgIpc) is 2.72. The Hall–Kier alpha value is -2.95. The lowest BCUT2D eigenvalue weighted by molar-refractivity contribution is -0.105. The first-order chi connectivity index (χ1) is 10.1. The van der Waals surface area contributed by atoms with Gasteiger partial charge in [-0.15, -0.1) is 0 Å². The van der Waals surface area contributed by atoms with Gasteiger partial charge in [-0.05, 0) is 37.3 Å². The molecule has 1 aliphatic heterocycles. The van der Waals surface area contributed by atoms with Gasteiger partial charge >= 0.3 is 0 Å². The molecule has 21 heavy (non-hydrogen) atoms. The number of aryl methyl sites for hydroxylation is 1. The molecule has 5 nitrogen and oxygen atoms in total. The van der Waals surface area contributed by atoms with E-state index < -0.39 is 0 Å². The fourth-order valence-electron chi connectivity index (χ4n) is 2.33. The van der Waals surface area contributed by atoms with Crippen molar-refractivity contribution >= 4 is 29.6 Å². The van der Waals surface area contributed by atoms with Crippen LogP contribution in [0.15, 0.2) is 42.5 Å². The molecule has 0 aliphatic carbocycles. The number of amides is 3. The third kappa shape index (κ3) is 2.08. The van der Waals surface area contributed by atoms with Crippen LogP contribution < -0.4 is 10.2 Å². The summed E-state index contributed by atoms with van der Waals surface area (Å²) in [7, 11) is 0. The van der Waals surface area contributed by atoms with E-state index >= 15 is 0 Å². The molecule has 2 aromatic carbocycles. The zero-order valence-electron chi connectivity index (χ0n) is 11.3. The number of fused-ring (bicyclic) bond motifs is 1. The monoisotopic (exact) mass is 280 g/mol. The lowest BCUT2D eigenvalue weighted by Crippen LogP contribution is -2.29. The molecule has 0 fully saturated rings. The molecule has 104 valence electrons. The van der Waals surface area contributed by atoms with Crippen molar-refractivity contribution in [3.8, 4) is 0 Å². The summed E-state index contributed by atoms with van der Waals surface area (Å²) in [6.45, 7) is 1.93. The van der Waals surface area contributed by atoms with Crippen LogP contribution in [0.4, 0.5) is 11.4 Å². The maximum absolute atomic E-state index is 12.4. The summed E-state index contributed by atoms with van der Waals surface area (Å²) in [5.74, 6) is -0.732. The first-order valence-electron chi connectivity index (χ1n) is 6.41. The van der Waals surface area contributed by atoms with E-state index in [4.69, 9.17) is 0 Å². The number of nitrogens with one attached hydrogen (secondary N) is 1. The van der Waals surface area contributed by atoms with Crippen molar-refractivity contribution in [2.45, 2.75) is 6.92 Å². The summed E-state index contributed by atoms with van der Waals surface area (Å²) in [5, 5.41) is 2.47. The van der Waals surface area contributed by atoms with Crippen LogP contribution in [0.25, 0.3) is 0 Å². The van der Waals surface area contributed by atoms with E-state index in [1.165, 1.54) is 6.07 Å². The van der Waals surface area contributed by atoms with Crippen LogP contribution in [-0.4, -0.2) is 18.2 Å². The van der Waals surface area contributed by atoms with E-state index in [1.807, 2.05) is 19.1 Å². The minimum Gasteiger partial charge on any atom is -0.329 e. The summed E-state index contributed by atoms with van der Waals surface area (Å²) in [6, 6.07) is 11.8. The quantitative estimate of drug-likeness (QED) is 0.693. The SMILES string of the molecule is Cc1ccc(N2C(=O)c3ccc(NC=O)cc3C2=O)cc1. The zero-order chi connectivity index (χ0) is 15.0. The summed E-state index contributed by atoms with van der Waals surface area (Å²) in [4.78, 5) is 36.4. The van der Waals surface area contributed by atoms with E-state index in [2.05, 4.69) is 5.32 Å². The normalized spacial score (nSPS) is 13.3. The second kappa shape index (κ2) is 4.86. The summed E-state index contributed by atoms with van der Waals surface area (Å²) < 4.78 is 0. The van der Waals surface area contributed by atoms with E-state index in [-0.39, 0.29) is 11.8 Å². The fourth-order valence-corrected chi connectivity index (χ4v) is 2.33. The molecular weight excluding hydrogens is 268 g/mol. The molecular formula is C16H12N2O3. The highest BCUT2D eigenvalue weighted by atomic mass is 16.2. The van der Waals surface area contributed by atoms with Gasteiger partial charge in [-0.2, -0.15) is 0 Å². The number of hydrogen-bond donors (Lipinski definition) is 1. The van der Waals surface area contributed by atoms with Crippen LogP contribution in [-0.2, 0) is 4.79 Å². The van der Waals surface area contributed by atoms with E-state index in [0.717, 1.165) is 10.5 Å². The lowest BCUT2D eigenvalue weighted by Gasteiger charge is -2.13. The Bertz CT molecular complexity index is 751. The Balaban J connectivity index is 2.04. The first-order valence-corrected chi connectivity index (χ1v) is 6.41. The number of rotatable bonds is 3. The molecule has 3 rings (SSSR count). The van der Waals surface area contributed by atoms with Gasteiger partial charge in [0.1, 0.15) is 0 Å². The Morgan fingerprint density at radius 3 is 2.29 bits per heavy atom. The Labute approximate surface area is 121 Å². The largest absolute Gasteiger partial charge is 0.329 e. The predicted octanol–water partition coefficient (Wildman–Crippen LogP) is 2.36. The van der Waals surface area contributed by atoms with Crippen LogP contribution in [0.1, 0.15) is 26.3 Å². The molecule has 0 bridgehead atoms. The number of carbonyl (C=O) groups excluding carboxylic acids is 3. The van der Waals surface area contributed by atoms with Gasteiger partial charge in [0.2, 0.25) is 6.41 Å². The maximum Gasteiger partial charge on any atom is 0.266 e. The Kier molecular flexibility index (Phi) is 3.02. The van der Waals surface area contributed by atoms with E-state index in [0.29, 0.717) is 28.9 Å². The third-order valence-electron chi connectivity index (χ3n) is 3.40. The standard InChI is InChI=1S/C16H12N2O3/c1-10-2-5-12(6-3-10)18-15(20)13-7-4-11(17-9-19)8-14(13)16(18)21/h2-9H,1H3,(H,17,19). The number of benzene rings is 2. The van der Waals surface area contributed by atoms with Crippen LogP contribution in [0, 0.1) is 6.92 Å². The molecule has 1 N–H and O–H groups in total. The smallest absolute Gasteiger partial charge is 0.266 e. The van der Waals surface area contributed by atoms with Gasteiger partial charge < -0.3 is 5.32 Å². The Morgan fingerprint density at radius 1 is 0.952 bits per heavy atom. The second-order valence-corrected chi connectivity index (χ2v) is 4.80. The highest BCUT2D eigenvalue weighted by Crippen LogP contribution is 2.30. The highest BCUT2D eigenvalue weighted by Gasteiger charge is 2.36. The van der Waals surface area contributed by atoms with Crippen LogP contribution in [0.3, 0.4) is 0 Å². The minimum absolute atomic E-state index is 0.299. The van der Waals surface area contributed by atoms with Crippen molar-refractivity contribution in [2.24, 2.45) is 0 Å². The van der Waals surface area contributed by atoms with Crippen molar-refractivity contribution in [1.82, 2.24) is 0 Å². The first kappa shape index (κ1) is 13.1. The number of anilines is 2. The van der Waals surface area contributed by atoms with Gasteiger partial charge in [0.15, 0.2) is 0 Å². The van der Waals surface area contributed by atoms with Crippen molar-refractivity contribution in [2.75, 3.05) is 10.2 Å². The number of nitrogens with zero attached hydrogens (tertiary/aromatic N) is 1. The van der Waals surface area contributed by atoms with E-state index in [9.17, 15) is 14.4 Å². The fraction of sp³-hybridized carbons (Fsp3) is 0.0625. The van der Waals surface area contributed by atoms with Crippen LogP contribution >= 0.6 is 0 Å². The van der Waals surface area contributed by atoms with Gasteiger partial charge in [-0.3, -0.25) is 14.4 Å². The van der Waals surface area contributed by atoms with Gasteiger partial charge in [-0.25, -0.2) is 4.90 Å². The summed E-state index contributed by atoms with van der Waals surface area (Å²) in [6.07, 6.45) is 0.528. The molecule has 0 spiro atoms. The molecule has 0 saturated carbocycles. The molecule has 0 saturated heterocycles. The van der Waals surface area contributed by atoms with Gasteiger partial charge in [0.05, 0.1) is 16.8 Å². The Morgan fingerprint density at radius 2 is 1.62 bits per heavy atom. The minimum atomic E-state index is -0.381. The van der Waals surface area contributed by atoms with E-state index in [1.54, 1.807) is 24.3 Å². The van der Waals surface area contributed by atoms with Crippen molar-refractivity contribution in [1.29, 1.82) is 0 Å². The highest BCUT2D eigenvalue weighted by molar-refractivity contribution is 6.34. The van der Waals surface area contributed by atoms with Gasteiger partial charge in [-0.1, -0.05) is 17.7 Å². The van der Waals surface area contributed by atoms with Crippen LogP contribution in [0.5, 0.6) is 0 Å². The summed E-state index contributed by atoms with van der Waals surface area (Å²) >= 11 is 0. The van der Waals surface area contributed by atoms with Crippen LogP contribution in [0.2, 0.25) is 0 Å². The third-order valence-corrected chi connectivity index (χ3v) is 3.40. The molecule has 1 aliphatic rings. The average molecular weight is 280 g/mol. The number of hydrogen-bond acceptors (Lipinski definition) is 3. The molecule has 0 radical (unpaired) electrons. The van der Waals surface area contributed by atoms with Gasteiger partial charge in [0, 0.05) is 5.69 Å². The molecule has 0 aromatic heterocycles.